The Morgan fingerprint density at radius 3 is 2.90 bits per heavy atom. The van der Waals surface area contributed by atoms with Gasteiger partial charge in [-0.3, -0.25) is 4.40 Å². The SMILES string of the molecule is O=C(O)c1cccn2c(CC3CCCS3(=O)=O)nnc12. The summed E-state index contributed by atoms with van der Waals surface area (Å²) in [6.07, 6.45) is 3.21. The monoisotopic (exact) mass is 295 g/mol. The van der Waals surface area contributed by atoms with Crippen LogP contribution in [-0.2, 0) is 16.3 Å². The highest BCUT2D eigenvalue weighted by atomic mass is 32.2. The van der Waals surface area contributed by atoms with Crippen molar-refractivity contribution in [2.45, 2.75) is 24.5 Å². The minimum absolute atomic E-state index is 0.0560. The van der Waals surface area contributed by atoms with E-state index in [9.17, 15) is 13.2 Å². The van der Waals surface area contributed by atoms with Gasteiger partial charge < -0.3 is 5.11 Å². The van der Waals surface area contributed by atoms with Gasteiger partial charge in [-0.1, -0.05) is 0 Å². The Morgan fingerprint density at radius 2 is 2.25 bits per heavy atom. The van der Waals surface area contributed by atoms with E-state index in [-0.39, 0.29) is 23.4 Å². The van der Waals surface area contributed by atoms with Crippen molar-refractivity contribution in [3.63, 3.8) is 0 Å². The van der Waals surface area contributed by atoms with Crippen molar-refractivity contribution in [3.8, 4) is 0 Å². The van der Waals surface area contributed by atoms with Crippen molar-refractivity contribution in [2.24, 2.45) is 0 Å². The first kappa shape index (κ1) is 13.0. The number of carbonyl (C=O) groups is 1. The predicted molar refractivity (Wildman–Crippen MR) is 70.5 cm³/mol. The number of aromatic carboxylic acids is 1. The zero-order chi connectivity index (χ0) is 14.3. The summed E-state index contributed by atoms with van der Waals surface area (Å²) in [5.41, 5.74) is 0.297. The van der Waals surface area contributed by atoms with Gasteiger partial charge in [-0.05, 0) is 25.0 Å². The smallest absolute Gasteiger partial charge is 0.339 e. The van der Waals surface area contributed by atoms with Crippen LogP contribution in [0.4, 0.5) is 0 Å². The predicted octanol–water partition coefficient (Wildman–Crippen LogP) is 0.547. The second-order valence-electron chi connectivity index (χ2n) is 4.87. The third kappa shape index (κ3) is 2.05. The zero-order valence-electron chi connectivity index (χ0n) is 10.6. The van der Waals surface area contributed by atoms with E-state index in [2.05, 4.69) is 10.2 Å². The number of rotatable bonds is 3. The molecule has 1 fully saturated rings. The summed E-state index contributed by atoms with van der Waals surface area (Å²) in [5, 5.41) is 16.5. The number of hydrogen-bond donors (Lipinski definition) is 1. The maximum atomic E-state index is 11.8. The number of fused-ring (bicyclic) bond motifs is 1. The van der Waals surface area contributed by atoms with E-state index in [1.54, 1.807) is 16.7 Å². The maximum Gasteiger partial charge on any atom is 0.339 e. The van der Waals surface area contributed by atoms with E-state index in [1.165, 1.54) is 6.07 Å². The fraction of sp³-hybridized carbons (Fsp3) is 0.417. The molecule has 0 aliphatic carbocycles. The van der Waals surface area contributed by atoms with Gasteiger partial charge in [0.25, 0.3) is 0 Å². The van der Waals surface area contributed by atoms with Crippen LogP contribution < -0.4 is 0 Å². The lowest BCUT2D eigenvalue weighted by Crippen LogP contribution is -2.20. The number of sulfone groups is 1. The molecule has 2 aromatic rings. The minimum atomic E-state index is -3.06. The van der Waals surface area contributed by atoms with Crippen LogP contribution in [0.5, 0.6) is 0 Å². The highest BCUT2D eigenvalue weighted by Gasteiger charge is 2.32. The Hall–Kier alpha value is -1.96. The number of pyridine rings is 1. The number of aromatic nitrogens is 3. The molecule has 0 saturated carbocycles. The van der Waals surface area contributed by atoms with Gasteiger partial charge in [0, 0.05) is 12.6 Å². The third-order valence-corrected chi connectivity index (χ3v) is 5.88. The summed E-state index contributed by atoms with van der Waals surface area (Å²) in [5.74, 6) is -0.379. The van der Waals surface area contributed by atoms with Gasteiger partial charge in [0.15, 0.2) is 15.5 Å². The first-order valence-corrected chi connectivity index (χ1v) is 7.98. The third-order valence-electron chi connectivity index (χ3n) is 3.61. The van der Waals surface area contributed by atoms with Gasteiger partial charge in [-0.15, -0.1) is 10.2 Å². The summed E-state index contributed by atoms with van der Waals surface area (Å²) in [7, 11) is -3.06. The summed E-state index contributed by atoms with van der Waals surface area (Å²) in [6, 6.07) is 3.04. The number of nitrogens with zero attached hydrogens (tertiary/aromatic N) is 3. The molecular formula is C12H13N3O4S. The summed E-state index contributed by atoms with van der Waals surface area (Å²) in [4.78, 5) is 11.1. The Balaban J connectivity index is 2.02. The molecule has 0 amide bonds. The van der Waals surface area contributed by atoms with Crippen molar-refractivity contribution in [1.29, 1.82) is 0 Å². The van der Waals surface area contributed by atoms with E-state index in [4.69, 9.17) is 5.11 Å². The van der Waals surface area contributed by atoms with Crippen LogP contribution in [0.2, 0.25) is 0 Å². The lowest BCUT2D eigenvalue weighted by molar-refractivity contribution is 0.0698. The molecule has 3 rings (SSSR count). The van der Waals surface area contributed by atoms with Crippen LogP contribution >= 0.6 is 0 Å². The second-order valence-corrected chi connectivity index (χ2v) is 7.27. The molecular weight excluding hydrogens is 282 g/mol. The molecule has 20 heavy (non-hydrogen) atoms. The fourth-order valence-corrected chi connectivity index (χ4v) is 4.39. The zero-order valence-corrected chi connectivity index (χ0v) is 11.4. The number of hydrogen-bond acceptors (Lipinski definition) is 5. The molecule has 0 aromatic carbocycles. The Bertz CT molecular complexity index is 781. The van der Waals surface area contributed by atoms with Gasteiger partial charge in [-0.2, -0.15) is 0 Å². The van der Waals surface area contributed by atoms with Gasteiger partial charge in [0.2, 0.25) is 0 Å². The summed E-state index contributed by atoms with van der Waals surface area (Å²) >= 11 is 0. The van der Waals surface area contributed by atoms with Crippen LogP contribution in [0, 0.1) is 0 Å². The molecule has 1 aliphatic rings. The van der Waals surface area contributed by atoms with Crippen molar-refractivity contribution in [1.82, 2.24) is 14.6 Å². The highest BCUT2D eigenvalue weighted by Crippen LogP contribution is 2.23. The van der Waals surface area contributed by atoms with E-state index in [0.717, 1.165) is 0 Å². The Kier molecular flexibility index (Phi) is 2.97. The topological polar surface area (TPSA) is 102 Å². The quantitative estimate of drug-likeness (QED) is 0.887. The van der Waals surface area contributed by atoms with Gasteiger partial charge in [0.05, 0.1) is 11.0 Å². The molecule has 2 aromatic heterocycles. The number of carboxylic acids is 1. The largest absolute Gasteiger partial charge is 0.478 e. The second kappa shape index (κ2) is 4.55. The molecule has 1 atom stereocenters. The lowest BCUT2D eigenvalue weighted by atomic mass is 10.2. The van der Waals surface area contributed by atoms with Crippen molar-refractivity contribution < 1.29 is 18.3 Å². The molecule has 1 saturated heterocycles. The molecule has 8 heteroatoms. The van der Waals surface area contributed by atoms with Crippen LogP contribution in [-0.4, -0.2) is 45.1 Å². The highest BCUT2D eigenvalue weighted by molar-refractivity contribution is 7.92. The van der Waals surface area contributed by atoms with Gasteiger partial charge >= 0.3 is 5.97 Å². The normalized spacial score (nSPS) is 21.3. The molecule has 0 bridgehead atoms. The Labute approximate surface area is 115 Å². The van der Waals surface area contributed by atoms with Crippen LogP contribution in [0.15, 0.2) is 18.3 Å². The summed E-state index contributed by atoms with van der Waals surface area (Å²) < 4.78 is 25.2. The molecule has 1 N–H and O–H groups in total. The van der Waals surface area contributed by atoms with Crippen molar-refractivity contribution >= 4 is 21.5 Å². The Morgan fingerprint density at radius 1 is 1.45 bits per heavy atom. The van der Waals surface area contributed by atoms with E-state index < -0.39 is 21.1 Å². The van der Waals surface area contributed by atoms with Crippen LogP contribution in [0.1, 0.15) is 29.0 Å². The van der Waals surface area contributed by atoms with Crippen molar-refractivity contribution in [2.75, 3.05) is 5.75 Å². The minimum Gasteiger partial charge on any atom is -0.478 e. The average Bonchev–Trinajstić information content (AvgIpc) is 2.94. The molecule has 1 unspecified atom stereocenters. The van der Waals surface area contributed by atoms with E-state index in [0.29, 0.717) is 18.7 Å². The van der Waals surface area contributed by atoms with Crippen LogP contribution in [0.3, 0.4) is 0 Å². The van der Waals surface area contributed by atoms with Crippen LogP contribution in [0.25, 0.3) is 5.65 Å². The fourth-order valence-electron chi connectivity index (χ4n) is 2.56. The van der Waals surface area contributed by atoms with E-state index >= 15 is 0 Å². The lowest BCUT2D eigenvalue weighted by Gasteiger charge is -2.07. The molecule has 0 radical (unpaired) electrons. The first-order valence-electron chi connectivity index (χ1n) is 6.26. The van der Waals surface area contributed by atoms with E-state index in [1.807, 2.05) is 0 Å². The number of carboxylic acid groups (broad SMARTS) is 1. The molecule has 106 valence electrons. The first-order chi connectivity index (χ1) is 9.49. The molecule has 1 aliphatic heterocycles. The average molecular weight is 295 g/mol. The maximum absolute atomic E-state index is 11.8. The standard InChI is InChI=1S/C12H13N3O4S/c16-12(17)9-4-1-5-15-10(13-14-11(9)15)7-8-3-2-6-20(8,18)19/h1,4-5,8H,2-3,6-7H2,(H,16,17). The molecule has 0 spiro atoms. The van der Waals surface area contributed by atoms with Gasteiger partial charge in [0.1, 0.15) is 11.4 Å². The van der Waals surface area contributed by atoms with Gasteiger partial charge in [-0.25, -0.2) is 13.2 Å². The summed E-state index contributed by atoms with van der Waals surface area (Å²) in [6.45, 7) is 0. The molecule has 7 nitrogen and oxygen atoms in total. The van der Waals surface area contributed by atoms with Crippen molar-refractivity contribution in [3.05, 3.63) is 29.7 Å². The molecule has 3 heterocycles.